The van der Waals surface area contributed by atoms with Crippen molar-refractivity contribution in [2.45, 2.75) is 234 Å². The van der Waals surface area contributed by atoms with Crippen LogP contribution in [0.15, 0.2) is 30.7 Å². The second-order valence-electron chi connectivity index (χ2n) is 30.1. The lowest BCUT2D eigenvalue weighted by atomic mass is 9.99. The highest BCUT2D eigenvalue weighted by molar-refractivity contribution is 7.99. The fourth-order valence-electron chi connectivity index (χ4n) is 14.5. The maximum absolute atomic E-state index is 15.4. The van der Waals surface area contributed by atoms with Gasteiger partial charge in [-0.25, -0.2) is 4.98 Å². The van der Waals surface area contributed by atoms with Crippen molar-refractivity contribution in [3.8, 4) is 0 Å². The maximum atomic E-state index is 15.4. The number of amides is 15. The summed E-state index contributed by atoms with van der Waals surface area (Å²) in [6.07, 6.45) is 4.63. The number of carbonyl (C=O) groups is 15. The lowest BCUT2D eigenvalue weighted by Crippen LogP contribution is -2.61. The number of rotatable bonds is 16. The molecule has 7 heterocycles. The SMILES string of the molecule is CC(C)C[C@@H]1NC(=O)[C@@H]2CCCN2C(=O)[C@@H](NC(=O)[C@H](C)N)CSCc2cc3cc(c2)CSC[C@H](NC(=O)[C@@H]2CCCN2C(=O)[C@@H]2CCCN2C(=O)[C@H](CC(C)C)NC1=O)C(=O)N[C@@H](Cc1cnc[nH]1)C(=O)N[C@@H](CC(C)C)C(=O)N1CCC[C@H]1C(=O)N[C@@H](CCC(N)=O)C(=O)N[C@H](C(=O)NCC(N)=O)CSC3. The van der Waals surface area contributed by atoms with Gasteiger partial charge >= 0.3 is 0 Å². The number of imidazole rings is 1. The third kappa shape index (κ3) is 24.0. The summed E-state index contributed by atoms with van der Waals surface area (Å²) in [5.74, 6) is -11.0. The second-order valence-corrected chi connectivity index (χ2v) is 33.2. The average Bonchev–Trinajstić information content (AvgIpc) is 1.66. The molecule has 108 heavy (non-hydrogen) atoms. The summed E-state index contributed by atoms with van der Waals surface area (Å²) >= 11 is 3.71. The van der Waals surface area contributed by atoms with Crippen molar-refractivity contribution in [1.82, 2.24) is 77.4 Å². The Morgan fingerprint density at radius 2 is 0.935 bits per heavy atom. The van der Waals surface area contributed by atoms with E-state index >= 15 is 24.0 Å². The first-order chi connectivity index (χ1) is 51.3. The van der Waals surface area contributed by atoms with Gasteiger partial charge in [0.25, 0.3) is 0 Å². The highest BCUT2D eigenvalue weighted by Crippen LogP contribution is 2.30. The van der Waals surface area contributed by atoms with Crippen LogP contribution in [0.3, 0.4) is 0 Å². The molecule has 8 rings (SSSR count). The number of nitrogens with zero attached hydrogens (tertiary/aromatic N) is 5. The Morgan fingerprint density at radius 1 is 0.500 bits per heavy atom. The Balaban J connectivity index is 1.23. The van der Waals surface area contributed by atoms with E-state index < -0.39 is 174 Å². The van der Waals surface area contributed by atoms with E-state index in [0.29, 0.717) is 48.1 Å². The first-order valence-electron chi connectivity index (χ1n) is 37.4. The molecule has 36 heteroatoms. The number of primary amides is 2. The first kappa shape index (κ1) is 85.1. The number of carbonyl (C=O) groups excluding carboxylic acids is 15. The standard InChI is InChI=1S/C72H108N18O15S3/c1-38(2)22-47-63(96)82-50(24-40(5)6)70(103)90-21-11-15-57(90)72(105)89-20-10-14-56(89)68(101)85-52-35-107-32-43-25-42(26-44(27-43)33-108-36-53(86-60(93)41(7)73)71(104)88-19-9-13-55(88)67(100)81-47)31-106-34-51(61(94)77-30-59(75)92)84-62(95)46(16-17-58(74)91)79-66(99)54-12-8-18-87(54)69(102)49(23-39(3)4)83-64(97)48(80-65(52)98)28-45-29-76-37-78-45/h25-27,29,37-41,46-57H,8-24,28,30-36,73H2,1-7H3,(H2,74,91)(H2,75,92)(H,76,78)(H,77,94)(H,79,99)(H,80,98)(H,81,100)(H,82,96)(H,83,97)(H,84,95)(H,85,101)(H,86,93)/t41-,46-,47-,48-,49-,50-,51-,52-,53-,54-,55-,56-,57-/m0/s1. The van der Waals surface area contributed by atoms with Crippen LogP contribution in [0.4, 0.5) is 0 Å². The number of H-pyrrole nitrogens is 1. The van der Waals surface area contributed by atoms with Crippen LogP contribution in [0.5, 0.6) is 0 Å². The molecule has 0 aliphatic carbocycles. The van der Waals surface area contributed by atoms with E-state index in [4.69, 9.17) is 17.2 Å². The molecule has 16 N–H and O–H groups in total. The van der Waals surface area contributed by atoms with E-state index in [1.165, 1.54) is 74.3 Å². The van der Waals surface area contributed by atoms with Gasteiger partial charge in [0.05, 0.1) is 18.9 Å². The van der Waals surface area contributed by atoms with Crippen LogP contribution in [0.1, 0.15) is 154 Å². The Morgan fingerprint density at radius 3 is 1.44 bits per heavy atom. The van der Waals surface area contributed by atoms with E-state index in [9.17, 15) is 47.9 Å². The van der Waals surface area contributed by atoms with Crippen LogP contribution >= 0.6 is 35.3 Å². The first-order valence-corrected chi connectivity index (χ1v) is 40.9. The average molecular weight is 1560 g/mol. The van der Waals surface area contributed by atoms with Crippen LogP contribution < -0.4 is 65.1 Å². The van der Waals surface area contributed by atoms with Crippen LogP contribution in [0, 0.1) is 17.8 Å². The summed E-state index contributed by atoms with van der Waals surface area (Å²) in [5.41, 5.74) is 19.6. The number of benzene rings is 1. The summed E-state index contributed by atoms with van der Waals surface area (Å²) in [6.45, 7) is 12.5. The van der Waals surface area contributed by atoms with Gasteiger partial charge < -0.3 is 89.6 Å². The minimum atomic E-state index is -1.49. The van der Waals surface area contributed by atoms with Crippen LogP contribution in [-0.4, -0.2) is 247 Å². The Bertz CT molecular complexity index is 3600. The lowest BCUT2D eigenvalue weighted by molar-refractivity contribution is -0.148. The van der Waals surface area contributed by atoms with Crippen molar-refractivity contribution in [3.63, 3.8) is 0 Å². The van der Waals surface area contributed by atoms with E-state index in [-0.39, 0.29) is 143 Å². The molecule has 0 saturated carbocycles. The molecule has 0 spiro atoms. The molecule has 1 aromatic heterocycles. The predicted octanol–water partition coefficient (Wildman–Crippen LogP) is -1.43. The van der Waals surface area contributed by atoms with E-state index in [1.54, 1.807) is 0 Å². The maximum Gasteiger partial charge on any atom is 0.246 e. The van der Waals surface area contributed by atoms with Crippen LogP contribution in [0.25, 0.3) is 0 Å². The summed E-state index contributed by atoms with van der Waals surface area (Å²) in [6, 6.07) is -10.4. The van der Waals surface area contributed by atoms with Crippen molar-refractivity contribution in [3.05, 3.63) is 53.1 Å². The summed E-state index contributed by atoms with van der Waals surface area (Å²) in [5, 5.41) is 25.1. The number of hydrogen-bond donors (Lipinski definition) is 13. The van der Waals surface area contributed by atoms with Gasteiger partial charge in [0, 0.05) is 85.4 Å². The monoisotopic (exact) mass is 1560 g/mol. The molecule has 0 unspecified atom stereocenters. The smallest absolute Gasteiger partial charge is 0.246 e. The van der Waals surface area contributed by atoms with Crippen molar-refractivity contribution in [2.24, 2.45) is 35.0 Å². The number of nitrogens with two attached hydrogens (primary N) is 3. The second kappa shape index (κ2) is 40.3. The van der Waals surface area contributed by atoms with Crippen molar-refractivity contribution in [2.75, 3.05) is 50.0 Å². The fraction of sp³-hybridized carbons (Fsp3) is 0.667. The zero-order valence-electron chi connectivity index (χ0n) is 62.6. The van der Waals surface area contributed by atoms with Gasteiger partial charge in [-0.1, -0.05) is 59.7 Å². The Kier molecular flexibility index (Phi) is 31.7. The molecule has 4 bridgehead atoms. The quantitative estimate of drug-likeness (QED) is 0.0917. The van der Waals surface area contributed by atoms with Gasteiger partial charge in [0.2, 0.25) is 88.6 Å². The van der Waals surface area contributed by atoms with E-state index in [1.807, 2.05) is 59.7 Å². The molecule has 4 fully saturated rings. The Hall–Kier alpha value is -8.51. The topological polar surface area (TPSA) is 484 Å². The highest BCUT2D eigenvalue weighted by atomic mass is 32.2. The molecule has 33 nitrogen and oxygen atoms in total. The van der Waals surface area contributed by atoms with Gasteiger partial charge in [0.1, 0.15) is 72.5 Å². The van der Waals surface area contributed by atoms with E-state index in [2.05, 4.69) is 57.8 Å². The molecule has 4 saturated heterocycles. The van der Waals surface area contributed by atoms with Gasteiger partial charge in [0.15, 0.2) is 0 Å². The van der Waals surface area contributed by atoms with Crippen molar-refractivity contribution < 1.29 is 71.9 Å². The number of fused-ring (bicyclic) bond motifs is 9. The summed E-state index contributed by atoms with van der Waals surface area (Å²) in [4.78, 5) is 229. The molecule has 2 aromatic rings. The predicted molar refractivity (Wildman–Crippen MR) is 404 cm³/mol. The zero-order chi connectivity index (χ0) is 78.6. The molecule has 1 aromatic carbocycles. The van der Waals surface area contributed by atoms with Gasteiger partial charge in [-0.3, -0.25) is 71.9 Å². The van der Waals surface area contributed by atoms with Crippen molar-refractivity contribution in [1.29, 1.82) is 0 Å². The third-order valence-electron chi connectivity index (χ3n) is 19.7. The van der Waals surface area contributed by atoms with E-state index in [0.717, 1.165) is 0 Å². The zero-order valence-corrected chi connectivity index (χ0v) is 65.1. The number of hydrogen-bond acceptors (Lipinski definition) is 20. The molecule has 0 radical (unpaired) electrons. The van der Waals surface area contributed by atoms with Gasteiger partial charge in [-0.05, 0) is 118 Å². The number of aromatic amines is 1. The summed E-state index contributed by atoms with van der Waals surface area (Å²) in [7, 11) is 0. The normalized spacial score (nSPS) is 27.3. The third-order valence-corrected chi connectivity index (χ3v) is 23.1. The molecule has 6 aliphatic rings. The largest absolute Gasteiger partial charge is 0.370 e. The van der Waals surface area contributed by atoms with Crippen LogP contribution in [0.2, 0.25) is 0 Å². The number of nitrogens with one attached hydrogen (secondary N) is 10. The molecule has 594 valence electrons. The molecular weight excluding hydrogens is 1450 g/mol. The molecular formula is C72H108N18O15S3. The van der Waals surface area contributed by atoms with Gasteiger partial charge in [-0.15, -0.1) is 0 Å². The Labute approximate surface area is 642 Å². The van der Waals surface area contributed by atoms with Gasteiger partial charge in [-0.2, -0.15) is 35.3 Å². The minimum absolute atomic E-state index is 0.0249. The number of aromatic nitrogens is 2. The fourth-order valence-corrected chi connectivity index (χ4v) is 17.4. The highest BCUT2D eigenvalue weighted by Gasteiger charge is 2.47. The molecule has 15 amide bonds. The minimum Gasteiger partial charge on any atom is -0.370 e. The van der Waals surface area contributed by atoms with Crippen LogP contribution in [-0.2, 0) is 95.6 Å². The lowest BCUT2D eigenvalue weighted by Gasteiger charge is -2.34. The molecule has 13 atom stereocenters. The molecule has 6 aliphatic heterocycles. The van der Waals surface area contributed by atoms with Crippen molar-refractivity contribution >= 4 is 124 Å². The summed E-state index contributed by atoms with van der Waals surface area (Å²) < 4.78 is 0. The number of thioether (sulfide) groups is 3.